The molecule has 19 heavy (non-hydrogen) atoms. The van der Waals surface area contributed by atoms with Crippen LogP contribution in [0.1, 0.15) is 20.7 Å². The zero-order valence-corrected chi connectivity index (χ0v) is 9.92. The number of nitrogens with one attached hydrogen (secondary N) is 1. The number of nitrogen functional groups attached to an aromatic ring is 1. The van der Waals surface area contributed by atoms with E-state index in [0.29, 0.717) is 16.9 Å². The molecule has 0 heterocycles. The first-order valence-corrected chi connectivity index (χ1v) is 5.54. The second kappa shape index (κ2) is 5.22. The molecule has 2 rings (SSSR count). The van der Waals surface area contributed by atoms with Crippen molar-refractivity contribution in [2.45, 2.75) is 0 Å². The van der Waals surface area contributed by atoms with Crippen molar-refractivity contribution in [2.24, 2.45) is 0 Å². The molecule has 1 amide bonds. The normalized spacial score (nSPS) is 9.89. The van der Waals surface area contributed by atoms with E-state index in [-0.39, 0.29) is 11.5 Å². The summed E-state index contributed by atoms with van der Waals surface area (Å²) < 4.78 is 0. The lowest BCUT2D eigenvalue weighted by Crippen LogP contribution is -2.22. The third-order valence-corrected chi connectivity index (χ3v) is 2.55. The number of benzene rings is 2. The van der Waals surface area contributed by atoms with E-state index < -0.39 is 5.97 Å². The van der Waals surface area contributed by atoms with Crippen molar-refractivity contribution in [1.82, 2.24) is 0 Å². The summed E-state index contributed by atoms with van der Waals surface area (Å²) in [5, 5.41) is 13.2. The zero-order valence-electron chi connectivity index (χ0n) is 9.92. The molecule has 0 spiro atoms. The van der Waals surface area contributed by atoms with Gasteiger partial charge in [-0.1, -0.05) is 12.1 Å². The highest BCUT2D eigenvalue weighted by Gasteiger charge is 2.05. The number of carbonyl (C=O) groups excluding carboxylic acids is 2. The van der Waals surface area contributed by atoms with E-state index in [4.69, 9.17) is 5.73 Å². The number of carboxylic acids is 1. The van der Waals surface area contributed by atoms with Crippen molar-refractivity contribution in [3.05, 3.63) is 59.7 Å². The highest BCUT2D eigenvalue weighted by molar-refractivity contribution is 6.04. The Morgan fingerprint density at radius 3 is 1.95 bits per heavy atom. The lowest BCUT2D eigenvalue weighted by Gasteiger charge is -2.07. The van der Waals surface area contributed by atoms with Gasteiger partial charge in [0.2, 0.25) is 0 Å². The molecule has 0 saturated carbocycles. The molecule has 2 aromatic rings. The van der Waals surface area contributed by atoms with Crippen LogP contribution < -0.4 is 16.2 Å². The van der Waals surface area contributed by atoms with Crippen molar-refractivity contribution < 1.29 is 14.7 Å². The van der Waals surface area contributed by atoms with Gasteiger partial charge in [-0.25, -0.2) is 0 Å². The van der Waals surface area contributed by atoms with Crippen LogP contribution in [0.2, 0.25) is 0 Å². The summed E-state index contributed by atoms with van der Waals surface area (Å²) in [5.74, 6) is -1.54. The number of carbonyl (C=O) groups is 2. The molecule has 0 aliphatic rings. The Bertz CT molecular complexity index is 604. The van der Waals surface area contributed by atoms with Crippen molar-refractivity contribution in [1.29, 1.82) is 0 Å². The Hall–Kier alpha value is -2.82. The van der Waals surface area contributed by atoms with Crippen LogP contribution in [0.15, 0.2) is 48.5 Å². The first-order chi connectivity index (χ1) is 9.06. The highest BCUT2D eigenvalue weighted by Crippen LogP contribution is 2.12. The molecule has 5 nitrogen and oxygen atoms in total. The van der Waals surface area contributed by atoms with E-state index in [2.05, 4.69) is 5.32 Å². The highest BCUT2D eigenvalue weighted by atomic mass is 16.4. The molecule has 5 heteroatoms. The number of nitrogens with two attached hydrogens (primary N) is 1. The van der Waals surface area contributed by atoms with Gasteiger partial charge in [0.1, 0.15) is 0 Å². The smallest absolute Gasteiger partial charge is 0.255 e. The van der Waals surface area contributed by atoms with Crippen LogP contribution >= 0.6 is 0 Å². The van der Waals surface area contributed by atoms with Crippen LogP contribution in [0, 0.1) is 0 Å². The number of aromatic carboxylic acids is 1. The molecule has 3 N–H and O–H groups in total. The third kappa shape index (κ3) is 3.10. The van der Waals surface area contributed by atoms with Crippen LogP contribution in [-0.4, -0.2) is 11.9 Å². The fourth-order valence-corrected chi connectivity index (χ4v) is 1.53. The predicted octanol–water partition coefficient (Wildman–Crippen LogP) is 0.885. The molecule has 0 unspecified atom stereocenters. The van der Waals surface area contributed by atoms with Crippen LogP contribution in [0.3, 0.4) is 0 Å². The Morgan fingerprint density at radius 2 is 1.42 bits per heavy atom. The lowest BCUT2D eigenvalue weighted by atomic mass is 10.1. The minimum atomic E-state index is -1.25. The van der Waals surface area contributed by atoms with Gasteiger partial charge in [-0.05, 0) is 42.0 Å². The third-order valence-electron chi connectivity index (χ3n) is 2.55. The van der Waals surface area contributed by atoms with Gasteiger partial charge >= 0.3 is 0 Å². The molecule has 0 atom stereocenters. The fourth-order valence-electron chi connectivity index (χ4n) is 1.53. The second-order valence-corrected chi connectivity index (χ2v) is 3.94. The Balaban J connectivity index is 2.10. The molecule has 0 fully saturated rings. The predicted molar refractivity (Wildman–Crippen MR) is 69.6 cm³/mol. The van der Waals surface area contributed by atoms with Gasteiger partial charge < -0.3 is 21.0 Å². The first kappa shape index (κ1) is 12.6. The number of anilines is 2. The van der Waals surface area contributed by atoms with E-state index in [0.717, 1.165) is 0 Å². The molecule has 0 aliphatic carbocycles. The number of rotatable bonds is 3. The molecule has 0 saturated heterocycles. The van der Waals surface area contributed by atoms with E-state index in [1.165, 1.54) is 24.3 Å². The van der Waals surface area contributed by atoms with Crippen molar-refractivity contribution in [2.75, 3.05) is 11.1 Å². The van der Waals surface area contributed by atoms with Gasteiger partial charge in [0.15, 0.2) is 0 Å². The molecule has 96 valence electrons. The summed E-state index contributed by atoms with van der Waals surface area (Å²) in [7, 11) is 0. The number of amides is 1. The zero-order chi connectivity index (χ0) is 13.8. The summed E-state index contributed by atoms with van der Waals surface area (Å²) in [5.41, 5.74) is 7.15. The van der Waals surface area contributed by atoms with Gasteiger partial charge in [0.25, 0.3) is 5.91 Å². The Kier molecular flexibility index (Phi) is 3.47. The summed E-state index contributed by atoms with van der Waals surface area (Å²) in [4.78, 5) is 22.4. The molecular weight excluding hydrogens is 244 g/mol. The van der Waals surface area contributed by atoms with E-state index in [9.17, 15) is 14.7 Å². The van der Waals surface area contributed by atoms with Crippen LogP contribution in [0.5, 0.6) is 0 Å². The van der Waals surface area contributed by atoms with E-state index in [1.807, 2.05) is 0 Å². The average molecular weight is 255 g/mol. The summed E-state index contributed by atoms with van der Waals surface area (Å²) in [6.07, 6.45) is 0. The Labute approximate surface area is 109 Å². The number of hydrogen-bond donors (Lipinski definition) is 2. The van der Waals surface area contributed by atoms with Gasteiger partial charge in [-0.15, -0.1) is 0 Å². The van der Waals surface area contributed by atoms with E-state index >= 15 is 0 Å². The van der Waals surface area contributed by atoms with Gasteiger partial charge in [-0.2, -0.15) is 0 Å². The lowest BCUT2D eigenvalue weighted by molar-refractivity contribution is -0.255. The van der Waals surface area contributed by atoms with Crippen molar-refractivity contribution in [3.63, 3.8) is 0 Å². The topological polar surface area (TPSA) is 95.2 Å². The minimum Gasteiger partial charge on any atom is -0.545 e. The maximum atomic E-state index is 11.9. The molecule has 0 bridgehead atoms. The van der Waals surface area contributed by atoms with Crippen LogP contribution in [0.25, 0.3) is 0 Å². The molecule has 0 aliphatic heterocycles. The first-order valence-electron chi connectivity index (χ1n) is 5.54. The summed E-state index contributed by atoms with van der Waals surface area (Å²) in [6.45, 7) is 0. The molecular formula is C14H11N2O3-. The fraction of sp³-hybridized carbons (Fsp3) is 0. The molecule has 0 aromatic heterocycles. The summed E-state index contributed by atoms with van der Waals surface area (Å²) >= 11 is 0. The minimum absolute atomic E-state index is 0.0606. The SMILES string of the molecule is Nc1ccc(C(=O)Nc2ccc(C(=O)[O-])cc2)cc1. The second-order valence-electron chi connectivity index (χ2n) is 3.94. The maximum Gasteiger partial charge on any atom is 0.255 e. The number of carboxylic acid groups (broad SMARTS) is 1. The van der Waals surface area contributed by atoms with Gasteiger partial charge in [0, 0.05) is 16.9 Å². The van der Waals surface area contributed by atoms with Crippen LogP contribution in [-0.2, 0) is 0 Å². The van der Waals surface area contributed by atoms with Crippen LogP contribution in [0.4, 0.5) is 11.4 Å². The standard InChI is InChI=1S/C14H12N2O3/c15-11-5-1-9(2-6-11)13(17)16-12-7-3-10(4-8-12)14(18)19/h1-8H,15H2,(H,16,17)(H,18,19)/p-1. The molecule has 2 aromatic carbocycles. The largest absolute Gasteiger partial charge is 0.545 e. The van der Waals surface area contributed by atoms with Crippen molar-refractivity contribution >= 4 is 23.3 Å². The number of hydrogen-bond acceptors (Lipinski definition) is 4. The van der Waals surface area contributed by atoms with Gasteiger partial charge in [0.05, 0.1) is 5.97 Å². The summed E-state index contributed by atoms with van der Waals surface area (Å²) in [6, 6.07) is 12.2. The quantitative estimate of drug-likeness (QED) is 0.796. The Morgan fingerprint density at radius 1 is 0.895 bits per heavy atom. The molecule has 0 radical (unpaired) electrons. The monoisotopic (exact) mass is 255 g/mol. The van der Waals surface area contributed by atoms with Gasteiger partial charge in [-0.3, -0.25) is 4.79 Å². The van der Waals surface area contributed by atoms with E-state index in [1.54, 1.807) is 24.3 Å². The van der Waals surface area contributed by atoms with Crippen molar-refractivity contribution in [3.8, 4) is 0 Å². The average Bonchev–Trinajstić information content (AvgIpc) is 2.40. The maximum absolute atomic E-state index is 11.9.